The summed E-state index contributed by atoms with van der Waals surface area (Å²) in [5.74, 6) is 0. The van der Waals surface area contributed by atoms with E-state index in [1.807, 2.05) is 4.90 Å². The van der Waals surface area contributed by atoms with E-state index in [-0.39, 0.29) is 6.03 Å². The third kappa shape index (κ3) is 4.99. The molecule has 88 valence electrons. The van der Waals surface area contributed by atoms with Gasteiger partial charge in [0.25, 0.3) is 0 Å². The van der Waals surface area contributed by atoms with E-state index in [1.54, 1.807) is 0 Å². The van der Waals surface area contributed by atoms with Crippen LogP contribution in [-0.2, 0) is 4.74 Å². The van der Waals surface area contributed by atoms with Crippen molar-refractivity contribution in [2.24, 2.45) is 5.73 Å². The maximum Gasteiger partial charge on any atom is 0.317 e. The van der Waals surface area contributed by atoms with Crippen molar-refractivity contribution in [3.63, 3.8) is 0 Å². The van der Waals surface area contributed by atoms with Gasteiger partial charge in [0, 0.05) is 32.8 Å². The quantitative estimate of drug-likeness (QED) is 0.620. The molecule has 1 saturated heterocycles. The molecule has 1 aliphatic rings. The molecule has 1 aliphatic heterocycles. The molecule has 3 N–H and O–H groups in total. The molecule has 1 fully saturated rings. The molecule has 15 heavy (non-hydrogen) atoms. The van der Waals surface area contributed by atoms with Crippen LogP contribution in [0, 0.1) is 0 Å². The van der Waals surface area contributed by atoms with E-state index < -0.39 is 0 Å². The van der Waals surface area contributed by atoms with Crippen molar-refractivity contribution in [1.29, 1.82) is 0 Å². The van der Waals surface area contributed by atoms with Crippen LogP contribution in [0.2, 0.25) is 0 Å². The predicted molar refractivity (Wildman–Crippen MR) is 58.7 cm³/mol. The number of carbonyl (C=O) groups is 1. The molecule has 0 aromatic rings. The van der Waals surface area contributed by atoms with Crippen molar-refractivity contribution >= 4 is 6.03 Å². The van der Waals surface area contributed by atoms with Gasteiger partial charge in [-0.15, -0.1) is 0 Å². The topological polar surface area (TPSA) is 67.6 Å². The Kier molecular flexibility index (Phi) is 6.11. The van der Waals surface area contributed by atoms with Gasteiger partial charge < -0.3 is 20.7 Å². The molecule has 5 nitrogen and oxygen atoms in total. The number of nitrogens with one attached hydrogen (secondary N) is 1. The Balaban J connectivity index is 1.92. The highest BCUT2D eigenvalue weighted by atomic mass is 16.5. The second-order valence-electron chi connectivity index (χ2n) is 3.68. The molecule has 0 aliphatic carbocycles. The van der Waals surface area contributed by atoms with Gasteiger partial charge in [-0.25, -0.2) is 4.79 Å². The second-order valence-corrected chi connectivity index (χ2v) is 3.68. The van der Waals surface area contributed by atoms with E-state index in [0.29, 0.717) is 26.3 Å². The fourth-order valence-electron chi connectivity index (χ4n) is 1.59. The number of likely N-dealkylation sites (tertiary alicyclic amines) is 1. The molecule has 5 heteroatoms. The van der Waals surface area contributed by atoms with Crippen LogP contribution in [-0.4, -0.2) is 50.3 Å². The van der Waals surface area contributed by atoms with Crippen LogP contribution in [0.15, 0.2) is 0 Å². The maximum atomic E-state index is 11.5. The zero-order valence-electron chi connectivity index (χ0n) is 9.21. The van der Waals surface area contributed by atoms with Crippen LogP contribution in [0.1, 0.15) is 19.3 Å². The van der Waals surface area contributed by atoms with Gasteiger partial charge in [0.2, 0.25) is 0 Å². The summed E-state index contributed by atoms with van der Waals surface area (Å²) in [6.45, 7) is 4.29. The highest BCUT2D eigenvalue weighted by Crippen LogP contribution is 2.06. The molecule has 1 heterocycles. The first-order valence-corrected chi connectivity index (χ1v) is 5.65. The lowest BCUT2D eigenvalue weighted by atomic mass is 10.4. The van der Waals surface area contributed by atoms with E-state index in [1.165, 1.54) is 0 Å². The standard InChI is InChI=1S/C10H21N3O2/c11-4-9-15-8-3-5-12-10(14)13-6-1-2-7-13/h1-9,11H2,(H,12,14). The minimum absolute atomic E-state index is 0.0614. The average Bonchev–Trinajstić information content (AvgIpc) is 2.76. The van der Waals surface area contributed by atoms with Gasteiger partial charge >= 0.3 is 6.03 Å². The molecule has 0 radical (unpaired) electrons. The summed E-state index contributed by atoms with van der Waals surface area (Å²) >= 11 is 0. The molecule has 0 unspecified atom stereocenters. The fraction of sp³-hybridized carbons (Fsp3) is 0.900. The third-order valence-corrected chi connectivity index (χ3v) is 2.40. The molecule has 0 saturated carbocycles. The molecule has 0 spiro atoms. The Morgan fingerprint density at radius 1 is 1.33 bits per heavy atom. The highest BCUT2D eigenvalue weighted by molar-refractivity contribution is 5.74. The minimum Gasteiger partial charge on any atom is -0.380 e. The number of carbonyl (C=O) groups excluding carboxylic acids is 1. The number of nitrogens with two attached hydrogens (primary N) is 1. The summed E-state index contributed by atoms with van der Waals surface area (Å²) in [7, 11) is 0. The number of hydrogen-bond donors (Lipinski definition) is 2. The van der Waals surface area contributed by atoms with Gasteiger partial charge in [0.1, 0.15) is 0 Å². The van der Waals surface area contributed by atoms with Gasteiger partial charge in [0.05, 0.1) is 6.61 Å². The summed E-state index contributed by atoms with van der Waals surface area (Å²) < 4.78 is 5.20. The van der Waals surface area contributed by atoms with Gasteiger partial charge in [-0.05, 0) is 19.3 Å². The highest BCUT2D eigenvalue weighted by Gasteiger charge is 2.16. The van der Waals surface area contributed by atoms with Crippen LogP contribution >= 0.6 is 0 Å². The van der Waals surface area contributed by atoms with Crippen LogP contribution in [0.3, 0.4) is 0 Å². The summed E-state index contributed by atoms with van der Waals surface area (Å²) in [5.41, 5.74) is 5.27. The van der Waals surface area contributed by atoms with E-state index in [9.17, 15) is 4.79 Å². The van der Waals surface area contributed by atoms with Gasteiger partial charge in [0.15, 0.2) is 0 Å². The number of amides is 2. The van der Waals surface area contributed by atoms with Crippen molar-refractivity contribution in [1.82, 2.24) is 10.2 Å². The van der Waals surface area contributed by atoms with Crippen LogP contribution < -0.4 is 11.1 Å². The first kappa shape index (κ1) is 12.3. The van der Waals surface area contributed by atoms with Crippen LogP contribution in [0.25, 0.3) is 0 Å². The van der Waals surface area contributed by atoms with E-state index in [2.05, 4.69) is 5.32 Å². The molecular weight excluding hydrogens is 194 g/mol. The van der Waals surface area contributed by atoms with Crippen molar-refractivity contribution < 1.29 is 9.53 Å². The number of urea groups is 1. The number of hydrogen-bond acceptors (Lipinski definition) is 3. The molecule has 1 rings (SSSR count). The Morgan fingerprint density at radius 3 is 2.73 bits per heavy atom. The van der Waals surface area contributed by atoms with Crippen molar-refractivity contribution in [2.75, 3.05) is 39.4 Å². The predicted octanol–water partition coefficient (Wildman–Crippen LogP) is 0.157. The normalized spacial score (nSPS) is 15.7. The van der Waals surface area contributed by atoms with Crippen LogP contribution in [0.5, 0.6) is 0 Å². The first-order chi connectivity index (χ1) is 7.34. The van der Waals surface area contributed by atoms with Gasteiger partial charge in [-0.1, -0.05) is 0 Å². The van der Waals surface area contributed by atoms with Gasteiger partial charge in [-0.3, -0.25) is 0 Å². The summed E-state index contributed by atoms with van der Waals surface area (Å²) in [4.78, 5) is 13.4. The molecular formula is C10H21N3O2. The smallest absolute Gasteiger partial charge is 0.317 e. The Bertz CT molecular complexity index is 182. The number of rotatable bonds is 6. The molecule has 0 aromatic carbocycles. The third-order valence-electron chi connectivity index (χ3n) is 2.40. The van der Waals surface area contributed by atoms with E-state index >= 15 is 0 Å². The SMILES string of the molecule is NCCOCCCNC(=O)N1CCCC1. The molecule has 0 aromatic heterocycles. The number of ether oxygens (including phenoxy) is 1. The van der Waals surface area contributed by atoms with Gasteiger partial charge in [-0.2, -0.15) is 0 Å². The maximum absolute atomic E-state index is 11.5. The lowest BCUT2D eigenvalue weighted by molar-refractivity contribution is 0.138. The summed E-state index contributed by atoms with van der Waals surface area (Å²) in [6, 6.07) is 0.0614. The zero-order valence-corrected chi connectivity index (χ0v) is 9.21. The summed E-state index contributed by atoms with van der Waals surface area (Å²) in [6.07, 6.45) is 3.11. The second kappa shape index (κ2) is 7.48. The Labute approximate surface area is 90.9 Å². The lowest BCUT2D eigenvalue weighted by Crippen LogP contribution is -2.38. The Hall–Kier alpha value is -0.810. The lowest BCUT2D eigenvalue weighted by Gasteiger charge is -2.15. The van der Waals surface area contributed by atoms with E-state index in [0.717, 1.165) is 32.4 Å². The van der Waals surface area contributed by atoms with Crippen LogP contribution in [0.4, 0.5) is 4.79 Å². The monoisotopic (exact) mass is 215 g/mol. The molecule has 0 atom stereocenters. The zero-order chi connectivity index (χ0) is 10.9. The minimum atomic E-state index is 0.0614. The van der Waals surface area contributed by atoms with E-state index in [4.69, 9.17) is 10.5 Å². The first-order valence-electron chi connectivity index (χ1n) is 5.65. The molecule has 2 amide bonds. The van der Waals surface area contributed by atoms with Crippen molar-refractivity contribution in [3.05, 3.63) is 0 Å². The van der Waals surface area contributed by atoms with Crippen molar-refractivity contribution in [3.8, 4) is 0 Å². The summed E-state index contributed by atoms with van der Waals surface area (Å²) in [5, 5.41) is 2.88. The molecule has 0 bridgehead atoms. The average molecular weight is 215 g/mol. The van der Waals surface area contributed by atoms with Crippen molar-refractivity contribution in [2.45, 2.75) is 19.3 Å². The number of nitrogens with zero attached hydrogens (tertiary/aromatic N) is 1. The largest absolute Gasteiger partial charge is 0.380 e. The Morgan fingerprint density at radius 2 is 2.07 bits per heavy atom. The fourth-order valence-corrected chi connectivity index (χ4v) is 1.59.